The van der Waals surface area contributed by atoms with E-state index in [1.54, 1.807) is 43.5 Å². The molecule has 1 N–H and O–H groups in total. The first-order valence-corrected chi connectivity index (χ1v) is 8.20. The minimum atomic E-state index is -0.717. The molecule has 0 aliphatic carbocycles. The minimum Gasteiger partial charge on any atom is -0.481 e. The van der Waals surface area contributed by atoms with Crippen molar-refractivity contribution in [3.05, 3.63) is 65.1 Å². The van der Waals surface area contributed by atoms with E-state index in [4.69, 9.17) is 32.4 Å². The van der Waals surface area contributed by atoms with Crippen LogP contribution in [0.3, 0.4) is 0 Å². The van der Waals surface area contributed by atoms with Crippen LogP contribution >= 0.6 is 23.2 Å². The molecule has 0 saturated heterocycles. The second-order valence-electron chi connectivity index (χ2n) is 5.27. The molecule has 25 heavy (non-hydrogen) atoms. The summed E-state index contributed by atoms with van der Waals surface area (Å²) < 4.78 is 10.9. The molecule has 2 aromatic carbocycles. The molecule has 3 aromatic rings. The topological polar surface area (TPSA) is 64.4 Å². The van der Waals surface area contributed by atoms with E-state index in [1.807, 2.05) is 12.1 Å². The summed E-state index contributed by atoms with van der Waals surface area (Å²) in [7, 11) is 0. The average Bonchev–Trinajstić information content (AvgIpc) is 3.13. The zero-order valence-corrected chi connectivity index (χ0v) is 14.7. The maximum Gasteiger partial charge on any atom is 0.265 e. The van der Waals surface area contributed by atoms with Gasteiger partial charge in [0.25, 0.3) is 5.91 Å². The van der Waals surface area contributed by atoms with Gasteiger partial charge in [0.2, 0.25) is 0 Å². The van der Waals surface area contributed by atoms with Crippen molar-refractivity contribution in [2.75, 3.05) is 5.32 Å². The summed E-state index contributed by atoms with van der Waals surface area (Å²) in [6.45, 7) is 1.65. The molecule has 0 bridgehead atoms. The summed E-state index contributed by atoms with van der Waals surface area (Å²) in [5, 5.41) is 3.60. The molecular formula is C18H14Cl2N2O3. The number of ether oxygens (including phenoxy) is 1. The molecule has 0 aliphatic rings. The molecule has 7 heteroatoms. The van der Waals surface area contributed by atoms with Crippen LogP contribution in [0.1, 0.15) is 6.92 Å². The normalized spacial score (nSPS) is 11.8. The molecule has 1 heterocycles. The van der Waals surface area contributed by atoms with Crippen LogP contribution < -0.4 is 10.1 Å². The number of hydrogen-bond acceptors (Lipinski definition) is 4. The van der Waals surface area contributed by atoms with E-state index in [2.05, 4.69) is 10.3 Å². The second-order valence-corrected chi connectivity index (χ2v) is 6.09. The molecule has 128 valence electrons. The van der Waals surface area contributed by atoms with Crippen molar-refractivity contribution in [2.45, 2.75) is 13.0 Å². The number of rotatable bonds is 5. The van der Waals surface area contributed by atoms with Gasteiger partial charge in [-0.3, -0.25) is 4.79 Å². The van der Waals surface area contributed by atoms with Crippen LogP contribution in [0.25, 0.3) is 11.3 Å². The summed E-state index contributed by atoms with van der Waals surface area (Å²) in [6.07, 6.45) is 2.25. The smallest absolute Gasteiger partial charge is 0.265 e. The Morgan fingerprint density at radius 1 is 1.20 bits per heavy atom. The van der Waals surface area contributed by atoms with Gasteiger partial charge in [-0.05, 0) is 31.2 Å². The van der Waals surface area contributed by atoms with Crippen LogP contribution in [0, 0.1) is 0 Å². The molecule has 1 unspecified atom stereocenters. The fraction of sp³-hybridized carbons (Fsp3) is 0.111. The highest BCUT2D eigenvalue weighted by atomic mass is 35.5. The van der Waals surface area contributed by atoms with E-state index in [9.17, 15) is 4.79 Å². The van der Waals surface area contributed by atoms with Crippen molar-refractivity contribution < 1.29 is 13.9 Å². The highest BCUT2D eigenvalue weighted by Crippen LogP contribution is 2.27. The van der Waals surface area contributed by atoms with Crippen LogP contribution in [0.4, 0.5) is 5.69 Å². The number of halogens is 2. The van der Waals surface area contributed by atoms with Gasteiger partial charge in [-0.1, -0.05) is 35.3 Å². The molecule has 1 atom stereocenters. The van der Waals surface area contributed by atoms with Crippen LogP contribution in [-0.4, -0.2) is 17.0 Å². The largest absolute Gasteiger partial charge is 0.481 e. The van der Waals surface area contributed by atoms with Gasteiger partial charge in [0.15, 0.2) is 18.3 Å². The first-order chi connectivity index (χ1) is 12.0. The number of aromatic nitrogens is 1. The fourth-order valence-corrected chi connectivity index (χ4v) is 2.45. The van der Waals surface area contributed by atoms with Crippen molar-refractivity contribution in [3.63, 3.8) is 0 Å². The van der Waals surface area contributed by atoms with Crippen molar-refractivity contribution in [1.29, 1.82) is 0 Å². The number of amides is 1. The maximum absolute atomic E-state index is 12.3. The van der Waals surface area contributed by atoms with Gasteiger partial charge in [-0.25, -0.2) is 4.98 Å². The zero-order chi connectivity index (χ0) is 17.8. The third-order valence-corrected chi connectivity index (χ3v) is 4.16. The van der Waals surface area contributed by atoms with E-state index in [0.717, 1.165) is 5.56 Å². The summed E-state index contributed by atoms with van der Waals surface area (Å²) in [5.74, 6) is 0.796. The Balaban J connectivity index is 1.67. The van der Waals surface area contributed by atoms with Gasteiger partial charge in [0, 0.05) is 17.3 Å². The molecule has 0 spiro atoms. The summed E-state index contributed by atoms with van der Waals surface area (Å²) >= 11 is 11.8. The highest BCUT2D eigenvalue weighted by Gasteiger charge is 2.16. The number of anilines is 1. The predicted molar refractivity (Wildman–Crippen MR) is 97.1 cm³/mol. The number of hydrogen-bond donors (Lipinski definition) is 1. The van der Waals surface area contributed by atoms with Crippen LogP contribution in [-0.2, 0) is 4.79 Å². The SMILES string of the molecule is CC(Oc1ccc(Cl)c(Cl)c1)C(=O)Nc1cccc(-c2cnco2)c1. The highest BCUT2D eigenvalue weighted by molar-refractivity contribution is 6.42. The standard InChI is InChI=1S/C18H14Cl2N2O3/c1-11(25-14-5-6-15(19)16(20)8-14)18(23)22-13-4-2-3-12(7-13)17-9-21-10-24-17/h2-11H,1H3,(H,22,23). The summed E-state index contributed by atoms with van der Waals surface area (Å²) in [5.41, 5.74) is 1.44. The second kappa shape index (κ2) is 7.59. The van der Waals surface area contributed by atoms with Crippen LogP contribution in [0.5, 0.6) is 5.75 Å². The molecule has 0 saturated carbocycles. The zero-order valence-electron chi connectivity index (χ0n) is 13.2. The Labute approximate surface area is 154 Å². The Morgan fingerprint density at radius 2 is 2.04 bits per heavy atom. The third kappa shape index (κ3) is 4.32. The predicted octanol–water partition coefficient (Wildman–Crippen LogP) is 5.05. The lowest BCUT2D eigenvalue weighted by Gasteiger charge is -2.15. The number of carbonyl (C=O) groups excluding carboxylic acids is 1. The molecule has 0 radical (unpaired) electrons. The first kappa shape index (κ1) is 17.3. The van der Waals surface area contributed by atoms with Gasteiger partial charge in [-0.15, -0.1) is 0 Å². The molecule has 5 nitrogen and oxygen atoms in total. The van der Waals surface area contributed by atoms with E-state index < -0.39 is 6.10 Å². The number of benzene rings is 2. The quantitative estimate of drug-likeness (QED) is 0.676. The Kier molecular flexibility index (Phi) is 5.26. The summed E-state index contributed by atoms with van der Waals surface area (Å²) in [6, 6.07) is 12.1. The molecule has 0 aliphatic heterocycles. The van der Waals surface area contributed by atoms with Gasteiger partial charge in [0.05, 0.1) is 16.2 Å². The van der Waals surface area contributed by atoms with Gasteiger partial charge < -0.3 is 14.5 Å². The van der Waals surface area contributed by atoms with E-state index >= 15 is 0 Å². The Hall–Kier alpha value is -2.50. The maximum atomic E-state index is 12.3. The van der Waals surface area contributed by atoms with E-state index in [-0.39, 0.29) is 5.91 Å². The Bertz CT molecular complexity index is 882. The van der Waals surface area contributed by atoms with Crippen LogP contribution in [0.15, 0.2) is 59.5 Å². The first-order valence-electron chi connectivity index (χ1n) is 7.44. The molecule has 1 amide bonds. The number of carbonyl (C=O) groups is 1. The van der Waals surface area contributed by atoms with Gasteiger partial charge >= 0.3 is 0 Å². The monoisotopic (exact) mass is 376 g/mol. The molecule has 3 rings (SSSR count). The minimum absolute atomic E-state index is 0.291. The van der Waals surface area contributed by atoms with Crippen molar-refractivity contribution in [3.8, 4) is 17.1 Å². The molecule has 0 fully saturated rings. The number of nitrogens with one attached hydrogen (secondary N) is 1. The van der Waals surface area contributed by atoms with E-state index in [0.29, 0.717) is 27.2 Å². The fourth-order valence-electron chi connectivity index (χ4n) is 2.16. The van der Waals surface area contributed by atoms with Crippen molar-refractivity contribution >= 4 is 34.8 Å². The summed E-state index contributed by atoms with van der Waals surface area (Å²) in [4.78, 5) is 16.2. The number of oxazole rings is 1. The van der Waals surface area contributed by atoms with Crippen LogP contribution in [0.2, 0.25) is 10.0 Å². The Morgan fingerprint density at radius 3 is 2.76 bits per heavy atom. The lowest BCUT2D eigenvalue weighted by atomic mass is 10.1. The molecule has 1 aromatic heterocycles. The molecular weight excluding hydrogens is 363 g/mol. The lowest BCUT2D eigenvalue weighted by molar-refractivity contribution is -0.122. The van der Waals surface area contributed by atoms with Crippen molar-refractivity contribution in [2.24, 2.45) is 0 Å². The van der Waals surface area contributed by atoms with E-state index in [1.165, 1.54) is 6.39 Å². The van der Waals surface area contributed by atoms with Crippen molar-refractivity contribution in [1.82, 2.24) is 4.98 Å². The van der Waals surface area contributed by atoms with Gasteiger partial charge in [0.1, 0.15) is 5.75 Å². The third-order valence-electron chi connectivity index (χ3n) is 3.42. The lowest BCUT2D eigenvalue weighted by Crippen LogP contribution is -2.30. The van der Waals surface area contributed by atoms with Gasteiger partial charge in [-0.2, -0.15) is 0 Å². The number of nitrogens with zero attached hydrogens (tertiary/aromatic N) is 1. The average molecular weight is 377 g/mol.